The number of alkyl halides is 3. The van der Waals surface area contributed by atoms with Gasteiger partial charge in [-0.05, 0) is 24.3 Å². The molecule has 0 unspecified atom stereocenters. The molecule has 9 heteroatoms. The summed E-state index contributed by atoms with van der Waals surface area (Å²) in [6, 6.07) is 5.39. The molecular formula is C14H10Cl2F3N3O. The van der Waals surface area contributed by atoms with Crippen molar-refractivity contribution < 1.29 is 18.0 Å². The Hall–Kier alpha value is -1.99. The molecule has 0 radical (unpaired) electrons. The van der Waals surface area contributed by atoms with Crippen molar-refractivity contribution in [2.45, 2.75) is 6.18 Å². The standard InChI is InChI=1S/C14H10Cl2F3N3O/c1-20-12-9(15)6-10(11(16)22-12)21-13(23)7-3-2-4-8(5-7)14(17,18)19/h2-6H,1H3,(H,20,22)(H,21,23). The first-order valence-corrected chi connectivity index (χ1v) is 7.00. The van der Waals surface area contributed by atoms with Gasteiger partial charge in [-0.25, -0.2) is 4.98 Å². The minimum Gasteiger partial charge on any atom is -0.372 e. The fraction of sp³-hybridized carbons (Fsp3) is 0.143. The lowest BCUT2D eigenvalue weighted by Crippen LogP contribution is -2.14. The summed E-state index contributed by atoms with van der Waals surface area (Å²) in [5, 5.41) is 5.25. The van der Waals surface area contributed by atoms with Crippen LogP contribution in [0.25, 0.3) is 0 Å². The number of carbonyl (C=O) groups is 1. The van der Waals surface area contributed by atoms with Crippen LogP contribution in [0.2, 0.25) is 10.2 Å². The first-order valence-electron chi connectivity index (χ1n) is 6.24. The van der Waals surface area contributed by atoms with E-state index >= 15 is 0 Å². The second-order valence-corrected chi connectivity index (χ2v) is 5.21. The van der Waals surface area contributed by atoms with Crippen molar-refractivity contribution in [1.82, 2.24) is 4.98 Å². The summed E-state index contributed by atoms with van der Waals surface area (Å²) in [6.07, 6.45) is -4.53. The number of hydrogen-bond acceptors (Lipinski definition) is 3. The normalized spacial score (nSPS) is 11.2. The minimum absolute atomic E-state index is 0.0425. The van der Waals surface area contributed by atoms with Crippen LogP contribution in [-0.4, -0.2) is 17.9 Å². The maximum absolute atomic E-state index is 12.7. The molecule has 0 saturated heterocycles. The van der Waals surface area contributed by atoms with E-state index in [0.717, 1.165) is 18.2 Å². The highest BCUT2D eigenvalue weighted by Gasteiger charge is 2.31. The fourth-order valence-electron chi connectivity index (χ4n) is 1.76. The Bertz CT molecular complexity index is 751. The van der Waals surface area contributed by atoms with Gasteiger partial charge in [-0.2, -0.15) is 13.2 Å². The predicted molar refractivity (Wildman–Crippen MR) is 83.2 cm³/mol. The lowest BCUT2D eigenvalue weighted by Gasteiger charge is -2.11. The van der Waals surface area contributed by atoms with Crippen molar-refractivity contribution in [2.24, 2.45) is 0 Å². The van der Waals surface area contributed by atoms with Crippen LogP contribution in [0, 0.1) is 0 Å². The predicted octanol–water partition coefficient (Wildman–Crippen LogP) is 4.70. The first kappa shape index (κ1) is 17.4. The van der Waals surface area contributed by atoms with Gasteiger partial charge in [0.05, 0.1) is 16.3 Å². The third-order valence-corrected chi connectivity index (χ3v) is 3.44. The molecule has 2 aromatic rings. The lowest BCUT2D eigenvalue weighted by atomic mass is 10.1. The molecule has 1 aromatic heterocycles. The average Bonchev–Trinajstić information content (AvgIpc) is 2.49. The number of nitrogens with one attached hydrogen (secondary N) is 2. The molecule has 1 aromatic carbocycles. The van der Waals surface area contributed by atoms with E-state index in [4.69, 9.17) is 23.2 Å². The van der Waals surface area contributed by atoms with E-state index in [1.165, 1.54) is 12.1 Å². The van der Waals surface area contributed by atoms with Crippen LogP contribution in [0.5, 0.6) is 0 Å². The molecule has 1 amide bonds. The van der Waals surface area contributed by atoms with E-state index in [0.29, 0.717) is 5.82 Å². The maximum atomic E-state index is 12.7. The third kappa shape index (κ3) is 4.05. The van der Waals surface area contributed by atoms with Crippen LogP contribution in [0.3, 0.4) is 0 Å². The van der Waals surface area contributed by atoms with Gasteiger partial charge in [0.1, 0.15) is 5.82 Å². The zero-order chi connectivity index (χ0) is 17.2. The Morgan fingerprint density at radius 1 is 1.22 bits per heavy atom. The van der Waals surface area contributed by atoms with Crippen LogP contribution in [0.1, 0.15) is 15.9 Å². The molecule has 0 aliphatic carbocycles. The first-order chi connectivity index (χ1) is 10.7. The second kappa shape index (κ2) is 6.64. The smallest absolute Gasteiger partial charge is 0.372 e. The molecule has 0 bridgehead atoms. The zero-order valence-electron chi connectivity index (χ0n) is 11.6. The molecule has 2 rings (SSSR count). The van der Waals surface area contributed by atoms with Gasteiger partial charge in [0.25, 0.3) is 5.91 Å². The Balaban J connectivity index is 2.28. The van der Waals surface area contributed by atoms with Crippen LogP contribution >= 0.6 is 23.2 Å². The average molecular weight is 364 g/mol. The number of amides is 1. The van der Waals surface area contributed by atoms with Gasteiger partial charge in [0, 0.05) is 12.6 Å². The lowest BCUT2D eigenvalue weighted by molar-refractivity contribution is -0.137. The van der Waals surface area contributed by atoms with Crippen molar-refractivity contribution in [3.8, 4) is 0 Å². The SMILES string of the molecule is CNc1nc(Cl)c(NC(=O)c2cccc(C(F)(F)F)c2)cc1Cl. The van der Waals surface area contributed by atoms with Crippen LogP contribution < -0.4 is 10.6 Å². The molecule has 0 saturated carbocycles. The van der Waals surface area contributed by atoms with E-state index in [9.17, 15) is 18.0 Å². The molecule has 122 valence electrons. The molecule has 1 heterocycles. The summed E-state index contributed by atoms with van der Waals surface area (Å²) in [4.78, 5) is 16.0. The van der Waals surface area contributed by atoms with Crippen LogP contribution in [0.15, 0.2) is 30.3 Å². The number of aromatic nitrogens is 1. The van der Waals surface area contributed by atoms with Crippen molar-refractivity contribution in [2.75, 3.05) is 17.7 Å². The summed E-state index contributed by atoms with van der Waals surface area (Å²) in [6.45, 7) is 0. The van der Waals surface area contributed by atoms with E-state index in [-0.39, 0.29) is 21.4 Å². The minimum atomic E-state index is -4.53. The molecular weight excluding hydrogens is 354 g/mol. The van der Waals surface area contributed by atoms with Gasteiger partial charge in [-0.3, -0.25) is 4.79 Å². The number of rotatable bonds is 3. The Morgan fingerprint density at radius 3 is 2.52 bits per heavy atom. The van der Waals surface area contributed by atoms with Crippen molar-refractivity contribution >= 4 is 40.6 Å². The highest BCUT2D eigenvalue weighted by atomic mass is 35.5. The van der Waals surface area contributed by atoms with Gasteiger partial charge in [0.15, 0.2) is 5.15 Å². The number of hydrogen-bond donors (Lipinski definition) is 2. The van der Waals surface area contributed by atoms with Gasteiger partial charge < -0.3 is 10.6 Å². The zero-order valence-corrected chi connectivity index (χ0v) is 13.1. The quantitative estimate of drug-likeness (QED) is 0.777. The number of nitrogens with zero attached hydrogens (tertiary/aromatic N) is 1. The molecule has 23 heavy (non-hydrogen) atoms. The Labute approximate surface area is 139 Å². The largest absolute Gasteiger partial charge is 0.416 e. The number of pyridine rings is 1. The Morgan fingerprint density at radius 2 is 1.91 bits per heavy atom. The molecule has 0 atom stereocenters. The molecule has 2 N–H and O–H groups in total. The third-order valence-electron chi connectivity index (χ3n) is 2.87. The summed E-state index contributed by atoms with van der Waals surface area (Å²) in [7, 11) is 1.59. The van der Waals surface area contributed by atoms with Gasteiger partial charge in [0.2, 0.25) is 0 Å². The Kier molecular flexibility index (Phi) is 5.01. The molecule has 0 spiro atoms. The van der Waals surface area contributed by atoms with Crippen LogP contribution in [0.4, 0.5) is 24.7 Å². The number of anilines is 2. The van der Waals surface area contributed by atoms with Crippen molar-refractivity contribution in [1.29, 1.82) is 0 Å². The van der Waals surface area contributed by atoms with Gasteiger partial charge in [-0.15, -0.1) is 0 Å². The highest BCUT2D eigenvalue weighted by Crippen LogP contribution is 2.31. The van der Waals surface area contributed by atoms with Crippen LogP contribution in [-0.2, 0) is 6.18 Å². The van der Waals surface area contributed by atoms with E-state index < -0.39 is 17.6 Å². The van der Waals surface area contributed by atoms with Gasteiger partial charge >= 0.3 is 6.18 Å². The summed E-state index contributed by atoms with van der Waals surface area (Å²) >= 11 is 11.8. The van der Waals surface area contributed by atoms with Crippen molar-refractivity contribution in [3.05, 3.63) is 51.6 Å². The number of halogens is 5. The summed E-state index contributed by atoms with van der Waals surface area (Å²) in [5.74, 6) is -0.443. The van der Waals surface area contributed by atoms with E-state index in [1.54, 1.807) is 7.05 Å². The summed E-state index contributed by atoms with van der Waals surface area (Å²) in [5.41, 5.74) is -0.985. The molecule has 0 aliphatic rings. The molecule has 0 fully saturated rings. The second-order valence-electron chi connectivity index (χ2n) is 4.44. The van der Waals surface area contributed by atoms with Gasteiger partial charge in [-0.1, -0.05) is 29.3 Å². The number of carbonyl (C=O) groups excluding carboxylic acids is 1. The summed E-state index contributed by atoms with van der Waals surface area (Å²) < 4.78 is 38.0. The highest BCUT2D eigenvalue weighted by molar-refractivity contribution is 6.36. The fourth-order valence-corrected chi connectivity index (χ4v) is 2.19. The monoisotopic (exact) mass is 363 g/mol. The van der Waals surface area contributed by atoms with E-state index in [2.05, 4.69) is 15.6 Å². The topological polar surface area (TPSA) is 54.0 Å². The van der Waals surface area contributed by atoms with Crippen molar-refractivity contribution in [3.63, 3.8) is 0 Å². The molecule has 4 nitrogen and oxygen atoms in total. The van der Waals surface area contributed by atoms with E-state index in [1.807, 2.05) is 0 Å². The molecule has 0 aliphatic heterocycles. The maximum Gasteiger partial charge on any atom is 0.416 e. The number of benzene rings is 1.